The summed E-state index contributed by atoms with van der Waals surface area (Å²) in [6, 6.07) is 3.66. The second-order valence-corrected chi connectivity index (χ2v) is 8.10. The van der Waals surface area contributed by atoms with Gasteiger partial charge in [-0.05, 0) is 31.0 Å². The van der Waals surface area contributed by atoms with E-state index < -0.39 is 23.3 Å². The molecule has 1 heterocycles. The highest BCUT2D eigenvalue weighted by molar-refractivity contribution is 5.96. The van der Waals surface area contributed by atoms with Gasteiger partial charge in [-0.2, -0.15) is 13.2 Å². The molecule has 1 aliphatic heterocycles. The van der Waals surface area contributed by atoms with Crippen LogP contribution in [0.3, 0.4) is 0 Å². The molecule has 2 fully saturated rings. The van der Waals surface area contributed by atoms with E-state index in [4.69, 9.17) is 0 Å². The van der Waals surface area contributed by atoms with Crippen LogP contribution in [-0.4, -0.2) is 59.4 Å². The lowest BCUT2D eigenvalue weighted by atomic mass is 9.80. The zero-order chi connectivity index (χ0) is 22.6. The average Bonchev–Trinajstić information content (AvgIpc) is 2.73. The molecule has 170 valence electrons. The van der Waals surface area contributed by atoms with Crippen molar-refractivity contribution in [3.63, 3.8) is 0 Å². The molecule has 0 spiro atoms. The predicted molar refractivity (Wildman–Crippen MR) is 108 cm³/mol. The summed E-state index contributed by atoms with van der Waals surface area (Å²) in [7, 11) is 0. The van der Waals surface area contributed by atoms with E-state index in [9.17, 15) is 27.6 Å². The van der Waals surface area contributed by atoms with E-state index in [0.717, 1.165) is 31.4 Å². The number of rotatable bonds is 3. The number of nitrogens with one attached hydrogen (secondary N) is 2. The smallest absolute Gasteiger partial charge is 0.339 e. The Kier molecular flexibility index (Phi) is 6.76. The molecular formula is C21H27F3N4O3. The normalized spacial score (nSPS) is 19.0. The number of alkyl halides is 3. The van der Waals surface area contributed by atoms with Crippen molar-refractivity contribution in [3.05, 3.63) is 29.8 Å². The number of anilines is 1. The lowest BCUT2D eigenvalue weighted by Gasteiger charge is -2.43. The monoisotopic (exact) mass is 440 g/mol. The SMILES string of the molecule is CC(=O)N1CCN(C(=O)C2(NC(=O)Nc3cccc(C(F)(F)F)c3)CCCCC2)CC1. The van der Waals surface area contributed by atoms with Gasteiger partial charge in [-0.3, -0.25) is 9.59 Å². The van der Waals surface area contributed by atoms with Crippen LogP contribution >= 0.6 is 0 Å². The fraction of sp³-hybridized carbons (Fsp3) is 0.571. The number of nitrogens with zero attached hydrogens (tertiary/aromatic N) is 2. The molecule has 0 unspecified atom stereocenters. The summed E-state index contributed by atoms with van der Waals surface area (Å²) in [6.07, 6.45) is -1.10. The Balaban J connectivity index is 1.70. The second kappa shape index (κ2) is 9.15. The molecule has 0 atom stereocenters. The van der Waals surface area contributed by atoms with Crippen LogP contribution in [0, 0.1) is 0 Å². The number of piperazine rings is 1. The molecule has 2 N–H and O–H groups in total. The highest BCUT2D eigenvalue weighted by atomic mass is 19.4. The molecule has 0 aromatic heterocycles. The summed E-state index contributed by atoms with van der Waals surface area (Å²) in [4.78, 5) is 40.9. The van der Waals surface area contributed by atoms with Gasteiger partial charge in [-0.25, -0.2) is 4.79 Å². The zero-order valence-corrected chi connectivity index (χ0v) is 17.4. The molecule has 1 aromatic carbocycles. The van der Waals surface area contributed by atoms with Gasteiger partial charge in [-0.1, -0.05) is 25.3 Å². The maximum absolute atomic E-state index is 13.4. The number of amides is 4. The van der Waals surface area contributed by atoms with E-state index in [0.29, 0.717) is 39.0 Å². The van der Waals surface area contributed by atoms with Crippen molar-refractivity contribution in [1.82, 2.24) is 15.1 Å². The van der Waals surface area contributed by atoms with Gasteiger partial charge < -0.3 is 20.4 Å². The van der Waals surface area contributed by atoms with E-state index in [2.05, 4.69) is 10.6 Å². The van der Waals surface area contributed by atoms with Crippen LogP contribution < -0.4 is 10.6 Å². The fourth-order valence-corrected chi connectivity index (χ4v) is 4.23. The summed E-state index contributed by atoms with van der Waals surface area (Å²) in [6.45, 7) is 3.13. The average molecular weight is 440 g/mol. The van der Waals surface area contributed by atoms with E-state index >= 15 is 0 Å². The van der Waals surface area contributed by atoms with Crippen molar-refractivity contribution < 1.29 is 27.6 Å². The number of carbonyl (C=O) groups excluding carboxylic acids is 3. The minimum absolute atomic E-state index is 0.000746. The summed E-state index contributed by atoms with van der Waals surface area (Å²) in [5.41, 5.74) is -1.96. The van der Waals surface area contributed by atoms with E-state index in [1.165, 1.54) is 19.1 Å². The van der Waals surface area contributed by atoms with E-state index in [1.54, 1.807) is 9.80 Å². The maximum Gasteiger partial charge on any atom is 0.416 e. The van der Waals surface area contributed by atoms with Gasteiger partial charge in [0, 0.05) is 38.8 Å². The van der Waals surface area contributed by atoms with Crippen molar-refractivity contribution in [3.8, 4) is 0 Å². The highest BCUT2D eigenvalue weighted by Crippen LogP contribution is 2.32. The first-order valence-electron chi connectivity index (χ1n) is 10.4. The van der Waals surface area contributed by atoms with Crippen molar-refractivity contribution in [2.45, 2.75) is 50.7 Å². The lowest BCUT2D eigenvalue weighted by Crippen LogP contribution is -2.63. The van der Waals surface area contributed by atoms with Gasteiger partial charge in [0.1, 0.15) is 5.54 Å². The summed E-state index contributed by atoms with van der Waals surface area (Å²) in [5, 5.41) is 5.20. The van der Waals surface area contributed by atoms with Crippen LogP contribution in [0.2, 0.25) is 0 Å². The van der Waals surface area contributed by atoms with Gasteiger partial charge in [-0.15, -0.1) is 0 Å². The minimum Gasteiger partial charge on any atom is -0.339 e. The number of urea groups is 1. The Morgan fingerprint density at radius 3 is 2.16 bits per heavy atom. The van der Waals surface area contributed by atoms with Gasteiger partial charge in [0.15, 0.2) is 0 Å². The molecule has 0 bridgehead atoms. The number of halogens is 3. The Hall–Kier alpha value is -2.78. The van der Waals surface area contributed by atoms with Crippen LogP contribution in [0.1, 0.15) is 44.6 Å². The van der Waals surface area contributed by atoms with Crippen LogP contribution in [0.25, 0.3) is 0 Å². The third-order valence-electron chi connectivity index (χ3n) is 5.93. The van der Waals surface area contributed by atoms with Crippen LogP contribution in [0.5, 0.6) is 0 Å². The third-order valence-corrected chi connectivity index (χ3v) is 5.93. The number of carbonyl (C=O) groups is 3. The van der Waals surface area contributed by atoms with E-state index in [1.807, 2.05) is 0 Å². The first-order valence-corrected chi connectivity index (χ1v) is 10.4. The Bertz CT molecular complexity index is 829. The van der Waals surface area contributed by atoms with Crippen molar-refractivity contribution >= 4 is 23.5 Å². The zero-order valence-electron chi connectivity index (χ0n) is 17.4. The number of hydrogen-bond donors (Lipinski definition) is 2. The highest BCUT2D eigenvalue weighted by Gasteiger charge is 2.44. The molecule has 1 saturated heterocycles. The van der Waals surface area contributed by atoms with Crippen LogP contribution in [0.4, 0.5) is 23.7 Å². The Morgan fingerprint density at radius 1 is 0.968 bits per heavy atom. The molecular weight excluding hydrogens is 413 g/mol. The van der Waals surface area contributed by atoms with Crippen LogP contribution in [-0.2, 0) is 15.8 Å². The molecule has 4 amide bonds. The second-order valence-electron chi connectivity index (χ2n) is 8.10. The molecule has 1 saturated carbocycles. The van der Waals surface area contributed by atoms with Crippen molar-refractivity contribution in [2.75, 3.05) is 31.5 Å². The number of benzene rings is 1. The minimum atomic E-state index is -4.52. The molecule has 1 aromatic rings. The maximum atomic E-state index is 13.4. The Labute approximate surface area is 178 Å². The van der Waals surface area contributed by atoms with Crippen LogP contribution in [0.15, 0.2) is 24.3 Å². The van der Waals surface area contributed by atoms with E-state index in [-0.39, 0.29) is 17.5 Å². The molecule has 2 aliphatic rings. The molecule has 1 aliphatic carbocycles. The standard InChI is InChI=1S/C21H27F3N4O3/c1-15(29)27-10-12-28(13-11-27)18(30)20(8-3-2-4-9-20)26-19(31)25-17-7-5-6-16(14-17)21(22,23)24/h5-7,14H,2-4,8-13H2,1H3,(H2,25,26,31). The fourth-order valence-electron chi connectivity index (χ4n) is 4.23. The van der Waals surface area contributed by atoms with Gasteiger partial charge in [0.05, 0.1) is 5.56 Å². The predicted octanol–water partition coefficient (Wildman–Crippen LogP) is 3.22. The molecule has 10 heteroatoms. The Morgan fingerprint density at radius 2 is 1.58 bits per heavy atom. The summed E-state index contributed by atoms with van der Waals surface area (Å²) < 4.78 is 38.8. The molecule has 7 nitrogen and oxygen atoms in total. The topological polar surface area (TPSA) is 81.8 Å². The van der Waals surface area contributed by atoms with Crippen molar-refractivity contribution in [1.29, 1.82) is 0 Å². The summed E-state index contributed by atoms with van der Waals surface area (Å²) in [5.74, 6) is -0.243. The first kappa shape index (κ1) is 22.9. The quantitative estimate of drug-likeness (QED) is 0.757. The third kappa shape index (κ3) is 5.48. The largest absolute Gasteiger partial charge is 0.416 e. The summed E-state index contributed by atoms with van der Waals surface area (Å²) >= 11 is 0. The lowest BCUT2D eigenvalue weighted by molar-refractivity contribution is -0.144. The first-order chi connectivity index (χ1) is 14.6. The number of hydrogen-bond acceptors (Lipinski definition) is 3. The van der Waals surface area contributed by atoms with Gasteiger partial charge in [0.2, 0.25) is 11.8 Å². The van der Waals surface area contributed by atoms with Gasteiger partial charge in [0.25, 0.3) is 0 Å². The van der Waals surface area contributed by atoms with Crippen molar-refractivity contribution in [2.24, 2.45) is 0 Å². The molecule has 3 rings (SSSR count). The molecule has 0 radical (unpaired) electrons. The van der Waals surface area contributed by atoms with Gasteiger partial charge >= 0.3 is 12.2 Å². The molecule has 31 heavy (non-hydrogen) atoms.